The molecule has 5 nitrogen and oxygen atoms in total. The highest BCUT2D eigenvalue weighted by Gasteiger charge is 2.33. The average molecular weight is 330 g/mol. The van der Waals surface area contributed by atoms with Crippen LogP contribution in [0.4, 0.5) is 5.82 Å². The first kappa shape index (κ1) is 14.9. The second kappa shape index (κ2) is 5.44. The van der Waals surface area contributed by atoms with E-state index < -0.39 is 0 Å². The molecule has 0 aliphatic heterocycles. The molecule has 23 heavy (non-hydrogen) atoms. The van der Waals surface area contributed by atoms with Gasteiger partial charge in [-0.3, -0.25) is 8.77 Å². The van der Waals surface area contributed by atoms with Gasteiger partial charge in [-0.1, -0.05) is 12.8 Å². The van der Waals surface area contributed by atoms with Gasteiger partial charge in [0.05, 0.1) is 11.6 Å². The number of nitrogen functional groups attached to an aromatic ring is 1. The average Bonchev–Trinajstić information content (AvgIpc) is 3.05. The zero-order chi connectivity index (χ0) is 16.1. The quantitative estimate of drug-likeness (QED) is 0.790. The number of carbonyl (C=O) groups excluding carboxylic acids is 1. The molecule has 2 aromatic heterocycles. The Labute approximate surface area is 141 Å². The number of nitrogens with two attached hydrogens (primary N) is 1. The van der Waals surface area contributed by atoms with E-state index in [2.05, 4.69) is 24.0 Å². The standard InChI is InChI=1S/C17H22N4OS/c1-10-9-13-11(6-4-8-15(13)21(10)23)17(22)20-14-7-3-2-5-12(14)16(18)19-20/h9,11,23H,2-8H2,1H3,(H2,18,19). The number of nitrogens with zero attached hydrogens (tertiary/aromatic N) is 3. The largest absolute Gasteiger partial charge is 0.382 e. The zero-order valence-electron chi connectivity index (χ0n) is 13.4. The van der Waals surface area contributed by atoms with E-state index in [1.165, 1.54) is 5.69 Å². The van der Waals surface area contributed by atoms with E-state index in [0.29, 0.717) is 5.82 Å². The summed E-state index contributed by atoms with van der Waals surface area (Å²) in [5, 5.41) is 4.39. The van der Waals surface area contributed by atoms with Crippen LogP contribution < -0.4 is 5.73 Å². The number of anilines is 1. The van der Waals surface area contributed by atoms with Crippen molar-refractivity contribution in [3.8, 4) is 0 Å². The number of thiol groups is 1. The van der Waals surface area contributed by atoms with Crippen molar-refractivity contribution in [2.24, 2.45) is 0 Å². The van der Waals surface area contributed by atoms with Gasteiger partial charge in [0.2, 0.25) is 0 Å². The maximum atomic E-state index is 13.2. The molecule has 1 unspecified atom stereocenters. The predicted octanol–water partition coefficient (Wildman–Crippen LogP) is 2.91. The molecule has 0 bridgehead atoms. The van der Waals surface area contributed by atoms with Crippen LogP contribution >= 0.6 is 12.8 Å². The second-order valence-corrected chi connectivity index (χ2v) is 7.11. The summed E-state index contributed by atoms with van der Waals surface area (Å²) in [6, 6.07) is 2.10. The number of hydrogen-bond donors (Lipinski definition) is 2. The molecule has 2 N–H and O–H groups in total. The Hall–Kier alpha value is -1.69. The van der Waals surface area contributed by atoms with Crippen molar-refractivity contribution < 1.29 is 4.79 Å². The van der Waals surface area contributed by atoms with E-state index in [1.54, 1.807) is 4.68 Å². The molecular formula is C17H22N4OS. The summed E-state index contributed by atoms with van der Waals surface area (Å²) in [5.74, 6) is 0.475. The third kappa shape index (κ3) is 2.23. The molecule has 0 amide bonds. The lowest BCUT2D eigenvalue weighted by molar-refractivity contribution is 0.0847. The Balaban J connectivity index is 1.76. The zero-order valence-corrected chi connectivity index (χ0v) is 14.3. The fourth-order valence-corrected chi connectivity index (χ4v) is 4.37. The van der Waals surface area contributed by atoms with Gasteiger partial charge in [-0.05, 0) is 63.5 Å². The van der Waals surface area contributed by atoms with Gasteiger partial charge in [-0.25, -0.2) is 4.68 Å². The first-order valence-electron chi connectivity index (χ1n) is 8.38. The molecule has 0 aromatic carbocycles. The molecule has 4 rings (SSSR count). The van der Waals surface area contributed by atoms with Crippen molar-refractivity contribution >= 4 is 24.5 Å². The van der Waals surface area contributed by atoms with E-state index >= 15 is 0 Å². The van der Waals surface area contributed by atoms with E-state index in [0.717, 1.165) is 67.5 Å². The minimum atomic E-state index is -0.129. The molecule has 0 spiro atoms. The van der Waals surface area contributed by atoms with Gasteiger partial charge in [-0.15, -0.1) is 5.10 Å². The van der Waals surface area contributed by atoms with Gasteiger partial charge in [0, 0.05) is 17.0 Å². The summed E-state index contributed by atoms with van der Waals surface area (Å²) in [7, 11) is 0. The van der Waals surface area contributed by atoms with Gasteiger partial charge >= 0.3 is 0 Å². The van der Waals surface area contributed by atoms with E-state index in [1.807, 2.05) is 10.9 Å². The molecular weight excluding hydrogens is 308 g/mol. The Morgan fingerprint density at radius 2 is 2.00 bits per heavy atom. The normalized spacial score (nSPS) is 20.2. The third-order valence-electron chi connectivity index (χ3n) is 5.29. The molecule has 2 aliphatic carbocycles. The van der Waals surface area contributed by atoms with Crippen molar-refractivity contribution in [3.63, 3.8) is 0 Å². The monoisotopic (exact) mass is 330 g/mol. The summed E-state index contributed by atoms with van der Waals surface area (Å²) < 4.78 is 3.52. The highest BCUT2D eigenvalue weighted by molar-refractivity contribution is 7.78. The van der Waals surface area contributed by atoms with Gasteiger partial charge in [0.25, 0.3) is 5.91 Å². The van der Waals surface area contributed by atoms with Crippen molar-refractivity contribution in [3.05, 3.63) is 34.3 Å². The maximum Gasteiger partial charge on any atom is 0.254 e. The number of carbonyl (C=O) groups is 1. The first-order valence-corrected chi connectivity index (χ1v) is 8.78. The lowest BCUT2D eigenvalue weighted by Gasteiger charge is -2.23. The fourth-order valence-electron chi connectivity index (χ4n) is 4.10. The number of rotatable bonds is 1. The molecule has 122 valence electrons. The van der Waals surface area contributed by atoms with Crippen molar-refractivity contribution in [1.29, 1.82) is 0 Å². The Bertz CT molecular complexity index is 789. The van der Waals surface area contributed by atoms with Gasteiger partial charge in [0.1, 0.15) is 5.82 Å². The van der Waals surface area contributed by atoms with Gasteiger partial charge in [0.15, 0.2) is 0 Å². The molecule has 2 aliphatic rings. The number of aromatic nitrogens is 3. The van der Waals surface area contributed by atoms with Crippen molar-refractivity contribution in [2.45, 2.75) is 57.8 Å². The maximum absolute atomic E-state index is 13.2. The number of hydrogen-bond acceptors (Lipinski definition) is 4. The van der Waals surface area contributed by atoms with E-state index in [9.17, 15) is 4.79 Å². The van der Waals surface area contributed by atoms with Gasteiger partial charge in [-0.2, -0.15) is 0 Å². The summed E-state index contributed by atoms with van der Waals surface area (Å²) in [6.07, 6.45) is 6.94. The Morgan fingerprint density at radius 3 is 2.83 bits per heavy atom. The summed E-state index contributed by atoms with van der Waals surface area (Å²) in [5.41, 5.74) is 11.5. The molecule has 0 fully saturated rings. The fraction of sp³-hybridized carbons (Fsp3) is 0.529. The minimum absolute atomic E-state index is 0.0692. The first-order chi connectivity index (χ1) is 11.1. The van der Waals surface area contributed by atoms with Crippen molar-refractivity contribution in [1.82, 2.24) is 13.8 Å². The molecule has 0 saturated heterocycles. The topological polar surface area (TPSA) is 65.8 Å². The highest BCUT2D eigenvalue weighted by Crippen LogP contribution is 2.36. The minimum Gasteiger partial charge on any atom is -0.382 e. The summed E-state index contributed by atoms with van der Waals surface area (Å²) >= 11 is 4.54. The number of fused-ring (bicyclic) bond motifs is 2. The molecule has 2 heterocycles. The van der Waals surface area contributed by atoms with Crippen LogP contribution in [0, 0.1) is 6.92 Å². The van der Waals surface area contributed by atoms with Crippen LogP contribution in [-0.4, -0.2) is 19.7 Å². The Kier molecular flexibility index (Phi) is 3.52. The van der Waals surface area contributed by atoms with Gasteiger partial charge < -0.3 is 5.73 Å². The van der Waals surface area contributed by atoms with E-state index in [-0.39, 0.29) is 11.8 Å². The summed E-state index contributed by atoms with van der Waals surface area (Å²) in [6.45, 7) is 2.03. The van der Waals surface area contributed by atoms with Crippen molar-refractivity contribution in [2.75, 3.05) is 5.73 Å². The van der Waals surface area contributed by atoms with Crippen LogP contribution in [0.5, 0.6) is 0 Å². The SMILES string of the molecule is Cc1cc2c(n1S)CCCC2C(=O)n1nc(N)c2c1CCCC2. The smallest absolute Gasteiger partial charge is 0.254 e. The molecule has 6 heteroatoms. The number of aryl methyl sites for hydroxylation is 1. The highest BCUT2D eigenvalue weighted by atomic mass is 32.1. The van der Waals surface area contributed by atoms with Crippen LogP contribution in [0.1, 0.15) is 64.6 Å². The lowest BCUT2D eigenvalue weighted by atomic mass is 9.86. The predicted molar refractivity (Wildman–Crippen MR) is 93.1 cm³/mol. The molecule has 2 aromatic rings. The lowest BCUT2D eigenvalue weighted by Crippen LogP contribution is -2.26. The van der Waals surface area contributed by atoms with Crippen LogP contribution in [0.3, 0.4) is 0 Å². The van der Waals surface area contributed by atoms with E-state index in [4.69, 9.17) is 5.73 Å². The van der Waals surface area contributed by atoms with Crippen LogP contribution in [0.2, 0.25) is 0 Å². The van der Waals surface area contributed by atoms with Crippen LogP contribution in [-0.2, 0) is 19.3 Å². The molecule has 1 atom stereocenters. The van der Waals surface area contributed by atoms with Crippen LogP contribution in [0.15, 0.2) is 6.07 Å². The summed E-state index contributed by atoms with van der Waals surface area (Å²) in [4.78, 5) is 13.2. The van der Waals surface area contributed by atoms with Crippen LogP contribution in [0.25, 0.3) is 0 Å². The molecule has 0 saturated carbocycles. The Morgan fingerprint density at radius 1 is 1.26 bits per heavy atom. The molecule has 0 radical (unpaired) electrons. The second-order valence-electron chi connectivity index (χ2n) is 6.71. The third-order valence-corrected chi connectivity index (χ3v) is 5.84.